The molecular weight excluding hydrogens is 330 g/mol. The Bertz CT molecular complexity index is 992. The summed E-state index contributed by atoms with van der Waals surface area (Å²) in [5.74, 6) is -0.813. The maximum atomic E-state index is 13.4. The predicted octanol–water partition coefficient (Wildman–Crippen LogP) is 4.80. The number of fused-ring (bicyclic) bond motifs is 1. The van der Waals surface area contributed by atoms with Crippen molar-refractivity contribution in [3.8, 4) is 0 Å². The fourth-order valence-corrected chi connectivity index (χ4v) is 3.71. The van der Waals surface area contributed by atoms with E-state index in [1.807, 2.05) is 13.0 Å². The first-order chi connectivity index (χ1) is 11.5. The Balaban J connectivity index is 1.61. The summed E-state index contributed by atoms with van der Waals surface area (Å²) in [6, 6.07) is 6.09. The number of aryl methyl sites for hydroxylation is 1. The summed E-state index contributed by atoms with van der Waals surface area (Å²) >= 11 is 1.52. The summed E-state index contributed by atoms with van der Waals surface area (Å²) in [5, 5.41) is 4.22. The van der Waals surface area contributed by atoms with Crippen molar-refractivity contribution < 1.29 is 8.78 Å². The van der Waals surface area contributed by atoms with Crippen molar-refractivity contribution in [3.63, 3.8) is 0 Å². The minimum absolute atomic E-state index is 0.0896. The minimum Gasteiger partial charge on any atom is -0.394 e. The van der Waals surface area contributed by atoms with Gasteiger partial charge < -0.3 is 10.2 Å². The van der Waals surface area contributed by atoms with Crippen LogP contribution in [0.2, 0.25) is 0 Å². The second-order valence-electron chi connectivity index (χ2n) is 5.83. The zero-order valence-electron chi connectivity index (χ0n) is 12.7. The molecule has 4 rings (SSSR count). The van der Waals surface area contributed by atoms with Gasteiger partial charge in [-0.3, -0.25) is 0 Å². The van der Waals surface area contributed by atoms with Gasteiger partial charge >= 0.3 is 5.95 Å². The molecule has 0 radical (unpaired) electrons. The van der Waals surface area contributed by atoms with Gasteiger partial charge in [-0.05, 0) is 37.1 Å². The molecular formula is C17H12F2N4S. The Kier molecular flexibility index (Phi) is 3.43. The monoisotopic (exact) mass is 342 g/mol. The molecule has 0 amide bonds. The maximum absolute atomic E-state index is 13.4. The van der Waals surface area contributed by atoms with E-state index in [1.165, 1.54) is 17.4 Å². The van der Waals surface area contributed by atoms with Crippen LogP contribution < -0.4 is 5.32 Å². The van der Waals surface area contributed by atoms with E-state index in [0.29, 0.717) is 5.82 Å². The first-order valence-electron chi connectivity index (χ1n) is 7.42. The number of hydrogen-bond donors (Lipinski definition) is 1. The Morgan fingerprint density at radius 2 is 2.08 bits per heavy atom. The predicted molar refractivity (Wildman–Crippen MR) is 89.5 cm³/mol. The van der Waals surface area contributed by atoms with Crippen LogP contribution in [0.15, 0.2) is 24.3 Å². The second-order valence-corrected chi connectivity index (χ2v) is 7.06. The van der Waals surface area contributed by atoms with Gasteiger partial charge in [0.25, 0.3) is 0 Å². The standard InChI is InChI=1S/C17H12F2N4S/c1-8-5-11-15(22-17(20-2)23-16(11)24-8)21-14-7-10(14)9-3-4-12(18)13(19)6-9/h3-6,10,14H,7H2,1H3,(H,21,22,23)/t10-,14+/m0/s1. The summed E-state index contributed by atoms with van der Waals surface area (Å²) < 4.78 is 26.4. The van der Waals surface area contributed by atoms with Crippen LogP contribution in [0.3, 0.4) is 0 Å². The van der Waals surface area contributed by atoms with Crippen LogP contribution in [0.1, 0.15) is 22.8 Å². The molecule has 1 aliphatic carbocycles. The molecule has 0 saturated heterocycles. The Morgan fingerprint density at radius 3 is 2.83 bits per heavy atom. The number of nitrogens with one attached hydrogen (secondary N) is 1. The molecule has 1 aliphatic rings. The molecule has 24 heavy (non-hydrogen) atoms. The number of anilines is 1. The van der Waals surface area contributed by atoms with E-state index in [9.17, 15) is 8.78 Å². The molecule has 1 saturated carbocycles. The first kappa shape index (κ1) is 15.0. The van der Waals surface area contributed by atoms with Crippen molar-refractivity contribution in [3.05, 3.63) is 57.8 Å². The van der Waals surface area contributed by atoms with Crippen LogP contribution >= 0.6 is 11.3 Å². The highest BCUT2D eigenvalue weighted by molar-refractivity contribution is 7.18. The quantitative estimate of drug-likeness (QED) is 0.696. The molecule has 4 nitrogen and oxygen atoms in total. The molecule has 3 aromatic rings. The Hall–Kier alpha value is -2.59. The van der Waals surface area contributed by atoms with Crippen LogP contribution in [0, 0.1) is 25.1 Å². The highest BCUT2D eigenvalue weighted by Gasteiger charge is 2.39. The van der Waals surface area contributed by atoms with Gasteiger partial charge in [0, 0.05) is 16.8 Å². The molecule has 1 aromatic carbocycles. The number of halogens is 2. The third kappa shape index (κ3) is 2.59. The minimum atomic E-state index is -0.836. The fraction of sp³-hybridized carbons (Fsp3) is 0.235. The molecule has 0 aliphatic heterocycles. The SMILES string of the molecule is [C-]#[N+]c1nc(N[C@@H]2C[C@H]2c2ccc(F)c(F)c2)c2cc(C)sc2n1. The van der Waals surface area contributed by atoms with Crippen LogP contribution in [0.25, 0.3) is 15.1 Å². The Morgan fingerprint density at radius 1 is 1.25 bits per heavy atom. The average molecular weight is 342 g/mol. The number of benzene rings is 1. The smallest absolute Gasteiger partial charge is 0.374 e. The van der Waals surface area contributed by atoms with E-state index in [1.54, 1.807) is 6.07 Å². The van der Waals surface area contributed by atoms with Crippen LogP contribution in [0.5, 0.6) is 0 Å². The Labute approximate surface area is 141 Å². The molecule has 120 valence electrons. The fourth-order valence-electron chi connectivity index (χ4n) is 2.83. The lowest BCUT2D eigenvalue weighted by Gasteiger charge is -2.05. The number of nitrogens with zero attached hydrogens (tertiary/aromatic N) is 3. The third-order valence-electron chi connectivity index (χ3n) is 4.09. The van der Waals surface area contributed by atoms with Crippen LogP contribution in [0.4, 0.5) is 20.5 Å². The molecule has 7 heteroatoms. The number of hydrogen-bond acceptors (Lipinski definition) is 4. The lowest BCUT2D eigenvalue weighted by Crippen LogP contribution is -2.06. The van der Waals surface area contributed by atoms with E-state index in [2.05, 4.69) is 20.1 Å². The summed E-state index contributed by atoms with van der Waals surface area (Å²) in [6.07, 6.45) is 0.813. The van der Waals surface area contributed by atoms with Crippen LogP contribution in [-0.4, -0.2) is 16.0 Å². The largest absolute Gasteiger partial charge is 0.394 e. The first-order valence-corrected chi connectivity index (χ1v) is 8.24. The molecule has 2 heterocycles. The van der Waals surface area contributed by atoms with Gasteiger partial charge in [0.05, 0.1) is 5.39 Å². The van der Waals surface area contributed by atoms with Gasteiger partial charge in [0.2, 0.25) is 0 Å². The summed E-state index contributed by atoms with van der Waals surface area (Å²) in [6.45, 7) is 9.12. The molecule has 0 unspecified atom stereocenters. The van der Waals surface area contributed by atoms with Crippen LogP contribution in [-0.2, 0) is 0 Å². The molecule has 1 N–H and O–H groups in total. The normalized spacial score (nSPS) is 19.2. The highest BCUT2D eigenvalue weighted by atomic mass is 32.1. The van der Waals surface area contributed by atoms with Gasteiger partial charge in [0.15, 0.2) is 22.3 Å². The van der Waals surface area contributed by atoms with E-state index in [4.69, 9.17) is 6.57 Å². The van der Waals surface area contributed by atoms with E-state index >= 15 is 0 Å². The van der Waals surface area contributed by atoms with Crippen molar-refractivity contribution in [2.45, 2.75) is 25.3 Å². The molecule has 1 fully saturated rings. The zero-order chi connectivity index (χ0) is 16.8. The van der Waals surface area contributed by atoms with Gasteiger partial charge in [-0.15, -0.1) is 27.9 Å². The lowest BCUT2D eigenvalue weighted by atomic mass is 10.1. The molecule has 0 bridgehead atoms. The van der Waals surface area contributed by atoms with Crippen molar-refractivity contribution in [2.75, 3.05) is 5.32 Å². The maximum Gasteiger partial charge on any atom is 0.374 e. The van der Waals surface area contributed by atoms with Crippen molar-refractivity contribution in [2.24, 2.45) is 0 Å². The van der Waals surface area contributed by atoms with Crippen molar-refractivity contribution >= 4 is 33.3 Å². The van der Waals surface area contributed by atoms with Gasteiger partial charge in [-0.25, -0.2) is 8.78 Å². The van der Waals surface area contributed by atoms with E-state index in [-0.39, 0.29) is 17.9 Å². The molecule has 0 spiro atoms. The van der Waals surface area contributed by atoms with Gasteiger partial charge in [-0.1, -0.05) is 6.07 Å². The van der Waals surface area contributed by atoms with Crippen molar-refractivity contribution in [1.82, 2.24) is 9.97 Å². The van der Waals surface area contributed by atoms with Gasteiger partial charge in [-0.2, -0.15) is 0 Å². The second kappa shape index (κ2) is 5.49. The highest BCUT2D eigenvalue weighted by Crippen LogP contribution is 2.44. The summed E-state index contributed by atoms with van der Waals surface area (Å²) in [5.41, 5.74) is 0.767. The molecule has 2 atom stereocenters. The van der Waals surface area contributed by atoms with Crippen molar-refractivity contribution in [1.29, 1.82) is 0 Å². The number of thiophene rings is 1. The molecule has 2 aromatic heterocycles. The lowest BCUT2D eigenvalue weighted by molar-refractivity contribution is 0.507. The van der Waals surface area contributed by atoms with Gasteiger partial charge in [0.1, 0.15) is 0 Å². The summed E-state index contributed by atoms with van der Waals surface area (Å²) in [4.78, 5) is 13.7. The zero-order valence-corrected chi connectivity index (χ0v) is 13.5. The average Bonchev–Trinajstić information content (AvgIpc) is 3.21. The topological polar surface area (TPSA) is 42.2 Å². The number of aromatic nitrogens is 2. The van der Waals surface area contributed by atoms with E-state index in [0.717, 1.165) is 33.1 Å². The van der Waals surface area contributed by atoms with E-state index < -0.39 is 11.6 Å². The third-order valence-corrected chi connectivity index (χ3v) is 5.03. The number of rotatable bonds is 3. The summed E-state index contributed by atoms with van der Waals surface area (Å²) in [7, 11) is 0.